The third-order valence-corrected chi connectivity index (χ3v) is 2.37. The maximum atomic E-state index is 11.6. The number of aliphatic carboxylic acids is 1. The fourth-order valence-electron chi connectivity index (χ4n) is 1.50. The lowest BCUT2D eigenvalue weighted by Gasteiger charge is -2.20. The lowest BCUT2D eigenvalue weighted by Crippen LogP contribution is -2.35. The number of carbonyl (C=O) groups is 2. The number of ether oxygens (including phenoxy) is 3. The summed E-state index contributed by atoms with van der Waals surface area (Å²) in [5.74, 6) is -0.286. The van der Waals surface area contributed by atoms with Gasteiger partial charge in [0.15, 0.2) is 11.5 Å². The Kier molecular flexibility index (Phi) is 4.99. The van der Waals surface area contributed by atoms with Crippen LogP contribution in [0.4, 0.5) is 10.5 Å². The molecule has 0 spiro atoms. The van der Waals surface area contributed by atoms with Gasteiger partial charge in [-0.15, -0.1) is 0 Å². The maximum Gasteiger partial charge on any atom is 0.414 e. The van der Waals surface area contributed by atoms with E-state index in [-0.39, 0.29) is 0 Å². The molecule has 1 N–H and O–H groups in total. The number of hydrogen-bond donors (Lipinski definition) is 1. The summed E-state index contributed by atoms with van der Waals surface area (Å²) in [5.41, 5.74) is 0.340. The van der Waals surface area contributed by atoms with Crippen LogP contribution in [0, 0.1) is 0 Å². The van der Waals surface area contributed by atoms with Gasteiger partial charge in [0.25, 0.3) is 0 Å². The summed E-state index contributed by atoms with van der Waals surface area (Å²) in [7, 11) is 4.10. The van der Waals surface area contributed by atoms with Crippen molar-refractivity contribution in [2.45, 2.75) is 0 Å². The summed E-state index contributed by atoms with van der Waals surface area (Å²) in [5, 5.41) is 8.81. The minimum absolute atomic E-state index is 0.340. The van der Waals surface area contributed by atoms with Crippen molar-refractivity contribution in [3.63, 3.8) is 0 Å². The fraction of sp³-hybridized carbons (Fsp3) is 0.333. The van der Waals surface area contributed by atoms with Crippen LogP contribution >= 0.6 is 0 Å². The summed E-state index contributed by atoms with van der Waals surface area (Å²) in [6.07, 6.45) is -0.769. The Hall–Kier alpha value is -2.44. The number of benzene rings is 1. The van der Waals surface area contributed by atoms with E-state index in [2.05, 4.69) is 4.74 Å². The first-order valence-corrected chi connectivity index (χ1v) is 5.32. The van der Waals surface area contributed by atoms with E-state index in [0.29, 0.717) is 17.2 Å². The van der Waals surface area contributed by atoms with Crippen molar-refractivity contribution in [2.75, 3.05) is 32.8 Å². The molecular weight excluding hydrogens is 254 g/mol. The molecule has 0 aliphatic carbocycles. The molecular formula is C12H15NO6. The van der Waals surface area contributed by atoms with Crippen LogP contribution in [-0.4, -0.2) is 45.0 Å². The zero-order valence-electron chi connectivity index (χ0n) is 10.9. The van der Waals surface area contributed by atoms with E-state index in [9.17, 15) is 9.59 Å². The normalized spacial score (nSPS) is 9.63. The number of amides is 1. The van der Waals surface area contributed by atoms with Gasteiger partial charge < -0.3 is 19.3 Å². The van der Waals surface area contributed by atoms with Crippen molar-refractivity contribution in [2.24, 2.45) is 0 Å². The highest BCUT2D eigenvalue weighted by molar-refractivity contribution is 5.93. The molecule has 7 heteroatoms. The first-order valence-electron chi connectivity index (χ1n) is 5.32. The van der Waals surface area contributed by atoms with E-state index in [4.69, 9.17) is 14.6 Å². The van der Waals surface area contributed by atoms with Gasteiger partial charge in [-0.1, -0.05) is 0 Å². The highest BCUT2D eigenvalue weighted by Gasteiger charge is 2.20. The predicted octanol–water partition coefficient (Wildman–Crippen LogP) is 1.36. The van der Waals surface area contributed by atoms with E-state index in [1.807, 2.05) is 0 Å². The molecule has 7 nitrogen and oxygen atoms in total. The van der Waals surface area contributed by atoms with E-state index in [0.717, 1.165) is 4.90 Å². The van der Waals surface area contributed by atoms with E-state index in [1.165, 1.54) is 27.4 Å². The Labute approximate surface area is 110 Å². The van der Waals surface area contributed by atoms with Gasteiger partial charge in [0.1, 0.15) is 6.54 Å². The van der Waals surface area contributed by atoms with Gasteiger partial charge in [0, 0.05) is 6.07 Å². The Morgan fingerprint density at radius 2 is 1.79 bits per heavy atom. The summed E-state index contributed by atoms with van der Waals surface area (Å²) >= 11 is 0. The largest absolute Gasteiger partial charge is 0.493 e. The minimum atomic E-state index is -1.15. The van der Waals surface area contributed by atoms with Crippen LogP contribution in [0.25, 0.3) is 0 Å². The van der Waals surface area contributed by atoms with Crippen LogP contribution in [0.15, 0.2) is 18.2 Å². The molecule has 1 aromatic rings. The highest BCUT2D eigenvalue weighted by Crippen LogP contribution is 2.31. The quantitative estimate of drug-likeness (QED) is 0.868. The number of nitrogens with zero attached hydrogens (tertiary/aromatic N) is 1. The van der Waals surface area contributed by atoms with Crippen molar-refractivity contribution < 1.29 is 28.9 Å². The van der Waals surface area contributed by atoms with Gasteiger partial charge in [0.2, 0.25) is 0 Å². The Morgan fingerprint density at radius 3 is 2.26 bits per heavy atom. The first-order chi connectivity index (χ1) is 9.03. The molecule has 0 aliphatic heterocycles. The number of methoxy groups -OCH3 is 3. The van der Waals surface area contributed by atoms with Crippen molar-refractivity contribution in [3.8, 4) is 11.5 Å². The number of hydrogen-bond acceptors (Lipinski definition) is 5. The average molecular weight is 269 g/mol. The molecule has 0 radical (unpaired) electrons. The van der Waals surface area contributed by atoms with Crippen molar-refractivity contribution in [3.05, 3.63) is 18.2 Å². The minimum Gasteiger partial charge on any atom is -0.493 e. The van der Waals surface area contributed by atoms with Crippen LogP contribution in [0.2, 0.25) is 0 Å². The molecule has 0 saturated carbocycles. The Bertz CT molecular complexity index is 473. The lowest BCUT2D eigenvalue weighted by molar-refractivity contribution is -0.135. The molecule has 0 fully saturated rings. The van der Waals surface area contributed by atoms with Gasteiger partial charge >= 0.3 is 12.1 Å². The molecule has 0 atom stereocenters. The number of rotatable bonds is 5. The molecule has 0 saturated heterocycles. The highest BCUT2D eigenvalue weighted by atomic mass is 16.5. The number of carbonyl (C=O) groups excluding carboxylic acids is 1. The molecule has 1 amide bonds. The molecule has 0 bridgehead atoms. The van der Waals surface area contributed by atoms with Gasteiger partial charge in [0.05, 0.1) is 27.0 Å². The number of anilines is 1. The second-order valence-corrected chi connectivity index (χ2v) is 3.49. The van der Waals surface area contributed by atoms with Crippen LogP contribution in [-0.2, 0) is 9.53 Å². The van der Waals surface area contributed by atoms with Gasteiger partial charge in [-0.3, -0.25) is 9.69 Å². The topological polar surface area (TPSA) is 85.3 Å². The smallest absolute Gasteiger partial charge is 0.414 e. The predicted molar refractivity (Wildman–Crippen MR) is 66.9 cm³/mol. The summed E-state index contributed by atoms with van der Waals surface area (Å²) in [6.45, 7) is -0.512. The monoisotopic (exact) mass is 269 g/mol. The average Bonchev–Trinajstić information content (AvgIpc) is 2.42. The zero-order valence-corrected chi connectivity index (χ0v) is 10.9. The van der Waals surface area contributed by atoms with Gasteiger partial charge in [-0.05, 0) is 12.1 Å². The SMILES string of the molecule is COC(=O)N(CC(=O)O)c1ccc(OC)c(OC)c1. The third kappa shape index (κ3) is 3.51. The van der Waals surface area contributed by atoms with Crippen molar-refractivity contribution in [1.82, 2.24) is 0 Å². The molecule has 1 rings (SSSR count). The van der Waals surface area contributed by atoms with Gasteiger partial charge in [-0.2, -0.15) is 0 Å². The fourth-order valence-corrected chi connectivity index (χ4v) is 1.50. The molecule has 0 aliphatic rings. The molecule has 1 aromatic carbocycles. The second-order valence-electron chi connectivity index (χ2n) is 3.49. The number of carboxylic acids is 1. The summed E-state index contributed by atoms with van der Waals surface area (Å²) in [4.78, 5) is 23.3. The molecule has 104 valence electrons. The Morgan fingerprint density at radius 1 is 1.16 bits per heavy atom. The maximum absolute atomic E-state index is 11.6. The molecule has 0 heterocycles. The molecule has 0 aromatic heterocycles. The zero-order chi connectivity index (χ0) is 14.4. The van der Waals surface area contributed by atoms with Crippen LogP contribution in [0.1, 0.15) is 0 Å². The molecule has 0 unspecified atom stereocenters. The van der Waals surface area contributed by atoms with Crippen molar-refractivity contribution >= 4 is 17.7 Å². The standard InChI is InChI=1S/C12H15NO6/c1-17-9-5-4-8(6-10(9)18-2)13(7-11(14)15)12(16)19-3/h4-6H,7H2,1-3H3,(H,14,15). The van der Waals surface area contributed by atoms with Crippen LogP contribution in [0.3, 0.4) is 0 Å². The third-order valence-electron chi connectivity index (χ3n) is 2.37. The molecule has 19 heavy (non-hydrogen) atoms. The van der Waals surface area contributed by atoms with Crippen LogP contribution in [0.5, 0.6) is 11.5 Å². The van der Waals surface area contributed by atoms with E-state index >= 15 is 0 Å². The van der Waals surface area contributed by atoms with E-state index in [1.54, 1.807) is 12.1 Å². The van der Waals surface area contributed by atoms with Crippen LogP contribution < -0.4 is 14.4 Å². The number of carboxylic acid groups (broad SMARTS) is 1. The van der Waals surface area contributed by atoms with Gasteiger partial charge in [-0.25, -0.2) is 4.79 Å². The van der Waals surface area contributed by atoms with Crippen molar-refractivity contribution in [1.29, 1.82) is 0 Å². The van der Waals surface area contributed by atoms with E-state index < -0.39 is 18.6 Å². The Balaban J connectivity index is 3.15. The second kappa shape index (κ2) is 6.48. The summed E-state index contributed by atoms with van der Waals surface area (Å²) < 4.78 is 14.7. The lowest BCUT2D eigenvalue weighted by atomic mass is 10.2. The summed E-state index contributed by atoms with van der Waals surface area (Å²) in [6, 6.07) is 4.62. The first kappa shape index (κ1) is 14.6.